The summed E-state index contributed by atoms with van der Waals surface area (Å²) in [5.41, 5.74) is 5.72. The molecule has 0 aliphatic rings. The summed E-state index contributed by atoms with van der Waals surface area (Å²) in [7, 11) is 3.62. The van der Waals surface area contributed by atoms with Gasteiger partial charge in [0.05, 0.1) is 0 Å². The van der Waals surface area contributed by atoms with Gasteiger partial charge in [-0.25, -0.2) is 9.97 Å². The number of carbonyl (C=O) groups excluding carboxylic acids is 1. The highest BCUT2D eigenvalue weighted by atomic mass is 32.2. The van der Waals surface area contributed by atoms with Crippen molar-refractivity contribution in [3.05, 3.63) is 54.7 Å². The summed E-state index contributed by atoms with van der Waals surface area (Å²) in [6.45, 7) is 0.809. The Bertz CT molecular complexity index is 1240. The number of anilines is 1. The Labute approximate surface area is 198 Å². The minimum Gasteiger partial charge on any atom is -0.476 e. The van der Waals surface area contributed by atoms with E-state index in [1.165, 1.54) is 23.5 Å². The third-order valence-corrected chi connectivity index (χ3v) is 6.19. The highest BCUT2D eigenvalue weighted by Crippen LogP contribution is 2.33. The number of amides is 1. The van der Waals surface area contributed by atoms with Gasteiger partial charge in [-0.1, -0.05) is 11.8 Å². The molecule has 3 N–H and O–H groups in total. The SMILES string of the molecule is Cn1ccc(NC(=O)c2nc(Sc3nncn3C)ccc2Sc2ccc(OCCN)nc2)n1. The van der Waals surface area contributed by atoms with Gasteiger partial charge in [-0.15, -0.1) is 10.2 Å². The molecule has 0 aromatic carbocycles. The van der Waals surface area contributed by atoms with Crippen LogP contribution in [0.1, 0.15) is 10.5 Å². The Morgan fingerprint density at radius 2 is 2.06 bits per heavy atom. The van der Waals surface area contributed by atoms with Crippen LogP contribution in [0.4, 0.5) is 5.82 Å². The maximum absolute atomic E-state index is 13.1. The van der Waals surface area contributed by atoms with Crippen LogP contribution in [0.3, 0.4) is 0 Å². The number of nitrogens with zero attached hydrogens (tertiary/aromatic N) is 7. The topological polar surface area (TPSA) is 139 Å². The zero-order valence-electron chi connectivity index (χ0n) is 17.9. The molecule has 0 bridgehead atoms. The van der Waals surface area contributed by atoms with Crippen molar-refractivity contribution in [1.82, 2.24) is 34.5 Å². The van der Waals surface area contributed by atoms with E-state index < -0.39 is 0 Å². The van der Waals surface area contributed by atoms with Crippen molar-refractivity contribution < 1.29 is 9.53 Å². The number of pyridine rings is 2. The normalized spacial score (nSPS) is 10.9. The Morgan fingerprint density at radius 1 is 1.18 bits per heavy atom. The van der Waals surface area contributed by atoms with Gasteiger partial charge >= 0.3 is 0 Å². The number of hydrogen-bond acceptors (Lipinski definition) is 10. The van der Waals surface area contributed by atoms with Crippen molar-refractivity contribution in [2.24, 2.45) is 19.8 Å². The minimum absolute atomic E-state index is 0.265. The molecule has 4 aromatic heterocycles. The van der Waals surface area contributed by atoms with E-state index in [-0.39, 0.29) is 11.6 Å². The van der Waals surface area contributed by atoms with Gasteiger partial charge in [0.2, 0.25) is 5.88 Å². The minimum atomic E-state index is -0.368. The highest BCUT2D eigenvalue weighted by Gasteiger charge is 2.18. The Hall–Kier alpha value is -3.42. The molecule has 33 heavy (non-hydrogen) atoms. The van der Waals surface area contributed by atoms with Crippen LogP contribution in [-0.2, 0) is 14.1 Å². The van der Waals surface area contributed by atoms with E-state index in [0.717, 1.165) is 4.90 Å². The van der Waals surface area contributed by atoms with Gasteiger partial charge in [0.25, 0.3) is 5.91 Å². The molecule has 4 heterocycles. The fraction of sp³-hybridized carbons (Fsp3) is 0.200. The lowest BCUT2D eigenvalue weighted by molar-refractivity contribution is 0.101. The number of aromatic nitrogens is 7. The van der Waals surface area contributed by atoms with Crippen molar-refractivity contribution in [3.63, 3.8) is 0 Å². The number of hydrogen-bond donors (Lipinski definition) is 2. The first-order valence-corrected chi connectivity index (χ1v) is 11.5. The van der Waals surface area contributed by atoms with E-state index in [2.05, 4.69) is 30.6 Å². The third kappa shape index (κ3) is 5.88. The van der Waals surface area contributed by atoms with Crippen LogP contribution in [-0.4, -0.2) is 53.6 Å². The average molecular weight is 484 g/mol. The van der Waals surface area contributed by atoms with E-state index in [0.29, 0.717) is 39.9 Å². The molecular formula is C20H21N9O2S2. The summed E-state index contributed by atoms with van der Waals surface area (Å²) in [5, 5.41) is 16.2. The van der Waals surface area contributed by atoms with E-state index in [1.54, 1.807) is 47.2 Å². The quantitative estimate of drug-likeness (QED) is 0.364. The second-order valence-electron chi connectivity index (χ2n) is 6.72. The summed E-state index contributed by atoms with van der Waals surface area (Å²) in [5.74, 6) is 0.564. The maximum Gasteiger partial charge on any atom is 0.276 e. The predicted octanol–water partition coefficient (Wildman–Crippen LogP) is 2.23. The number of ether oxygens (including phenoxy) is 1. The third-order valence-electron chi connectivity index (χ3n) is 4.17. The molecule has 0 fully saturated rings. The molecule has 4 aromatic rings. The predicted molar refractivity (Wildman–Crippen MR) is 123 cm³/mol. The summed E-state index contributed by atoms with van der Waals surface area (Å²) in [6.07, 6.45) is 5.04. The summed E-state index contributed by atoms with van der Waals surface area (Å²) in [4.78, 5) is 23.5. The number of carbonyl (C=O) groups is 1. The fourth-order valence-corrected chi connectivity index (χ4v) is 4.25. The molecule has 170 valence electrons. The van der Waals surface area contributed by atoms with Gasteiger partial charge in [-0.3, -0.25) is 9.48 Å². The smallest absolute Gasteiger partial charge is 0.276 e. The number of rotatable bonds is 9. The molecule has 0 saturated heterocycles. The molecule has 0 spiro atoms. The molecule has 0 unspecified atom stereocenters. The van der Waals surface area contributed by atoms with Crippen LogP contribution >= 0.6 is 23.5 Å². The van der Waals surface area contributed by atoms with Crippen LogP contribution in [0.25, 0.3) is 0 Å². The molecule has 1 amide bonds. The molecule has 0 saturated carbocycles. The standard InChI is InChI=1S/C20H21N9O2S2/c1-28-12-23-26-20(28)33-17-6-4-14(32-13-3-5-16(22-11-13)31-10-8-21)18(25-17)19(30)24-15-7-9-29(2)27-15/h3-7,9,11-12H,8,10,21H2,1-2H3,(H,24,27,30). The van der Waals surface area contributed by atoms with Crippen LogP contribution in [0.2, 0.25) is 0 Å². The van der Waals surface area contributed by atoms with Gasteiger partial charge in [0.15, 0.2) is 11.0 Å². The van der Waals surface area contributed by atoms with E-state index in [4.69, 9.17) is 10.5 Å². The summed E-state index contributed by atoms with van der Waals surface area (Å²) in [6, 6.07) is 9.03. The van der Waals surface area contributed by atoms with Crippen LogP contribution < -0.4 is 15.8 Å². The van der Waals surface area contributed by atoms with Crippen LogP contribution in [0.5, 0.6) is 5.88 Å². The van der Waals surface area contributed by atoms with Crippen molar-refractivity contribution in [2.75, 3.05) is 18.5 Å². The van der Waals surface area contributed by atoms with Crippen LogP contribution in [0.15, 0.2) is 69.0 Å². The lowest BCUT2D eigenvalue weighted by Crippen LogP contribution is -2.16. The first-order valence-electron chi connectivity index (χ1n) is 9.82. The van der Waals surface area contributed by atoms with Crippen molar-refractivity contribution >= 4 is 35.2 Å². The van der Waals surface area contributed by atoms with Crippen molar-refractivity contribution in [2.45, 2.75) is 20.0 Å². The molecule has 0 aliphatic heterocycles. The van der Waals surface area contributed by atoms with Crippen LogP contribution in [0, 0.1) is 0 Å². The van der Waals surface area contributed by atoms with Gasteiger partial charge in [0, 0.05) is 55.0 Å². The van der Waals surface area contributed by atoms with Gasteiger partial charge < -0.3 is 20.4 Å². The highest BCUT2D eigenvalue weighted by molar-refractivity contribution is 7.99. The maximum atomic E-state index is 13.1. The van der Waals surface area contributed by atoms with Gasteiger partial charge in [-0.05, 0) is 30.0 Å². The Balaban J connectivity index is 1.60. The fourth-order valence-electron chi connectivity index (χ4n) is 2.65. The molecule has 13 heteroatoms. The average Bonchev–Trinajstić information content (AvgIpc) is 3.41. The molecular weight excluding hydrogens is 462 g/mol. The number of nitrogens with two attached hydrogens (primary N) is 1. The first-order chi connectivity index (χ1) is 16.0. The Kier molecular flexibility index (Phi) is 7.22. The van der Waals surface area contributed by atoms with Gasteiger partial charge in [0.1, 0.15) is 23.7 Å². The van der Waals surface area contributed by atoms with Crippen molar-refractivity contribution in [3.8, 4) is 5.88 Å². The van der Waals surface area contributed by atoms with E-state index in [9.17, 15) is 4.79 Å². The second kappa shape index (κ2) is 10.5. The lowest BCUT2D eigenvalue weighted by atomic mass is 10.3. The zero-order valence-corrected chi connectivity index (χ0v) is 19.5. The van der Waals surface area contributed by atoms with Gasteiger partial charge in [-0.2, -0.15) is 5.10 Å². The number of nitrogens with one attached hydrogen (secondary N) is 1. The second-order valence-corrected chi connectivity index (χ2v) is 8.83. The zero-order chi connectivity index (χ0) is 23.2. The molecule has 4 rings (SSSR count). The summed E-state index contributed by atoms with van der Waals surface area (Å²) < 4.78 is 8.81. The monoisotopic (exact) mass is 483 g/mol. The lowest BCUT2D eigenvalue weighted by Gasteiger charge is -2.10. The largest absolute Gasteiger partial charge is 0.476 e. The molecule has 0 atom stereocenters. The van der Waals surface area contributed by atoms with E-state index >= 15 is 0 Å². The number of aryl methyl sites for hydroxylation is 2. The first kappa shape index (κ1) is 22.8. The molecule has 11 nitrogen and oxygen atoms in total. The molecule has 0 aliphatic carbocycles. The van der Waals surface area contributed by atoms with Crippen molar-refractivity contribution in [1.29, 1.82) is 0 Å². The summed E-state index contributed by atoms with van der Waals surface area (Å²) >= 11 is 2.69. The molecule has 0 radical (unpaired) electrons. The van der Waals surface area contributed by atoms with E-state index in [1.807, 2.05) is 25.2 Å². The Morgan fingerprint density at radius 3 is 2.73 bits per heavy atom.